The lowest BCUT2D eigenvalue weighted by Crippen LogP contribution is -2.48. The number of fused-ring (bicyclic) bond motifs is 2. The standard InChI is InChI=1S/C27H50.C24H48.C22H44.C16H32.C10H20.C6H12/c1-2-4-6-10-14-18-22-27-23-19-15-11-7-8-12-16-20-25(24-27)26(27)21-17-13-9-5-3-1;1-2-4-6-8-10-12-14-16-18-20-22-24-23-21-19-17-15-13-11-9-7-5-3-1;1-2-4-6-8-10-12-14-16-18-20-22-21-19-17-15-13-11-9-7-5-3-1;1-2-4-6-8-10-12-14-16-15-13-11-9-7-5-3-1;1-2-4-6-8-10-9-7-5-3-1;1-2-4-6-5-3-1/h25-26H,1-24H2;1-24H2;1-22H2;1-16H2;1-10H2;1-6H2. The van der Waals surface area contributed by atoms with Crippen molar-refractivity contribution in [3.05, 3.63) is 0 Å². The maximum atomic E-state index is 1.62. The molecule has 8 rings (SSSR count). The Hall–Kier alpha value is 0. The number of rotatable bonds is 0. The molecule has 8 fully saturated rings. The predicted molar refractivity (Wildman–Crippen MR) is 480 cm³/mol. The summed E-state index contributed by atoms with van der Waals surface area (Å²) in [6.45, 7) is 0. The van der Waals surface area contributed by atoms with Crippen LogP contribution in [0.4, 0.5) is 0 Å². The maximum Gasteiger partial charge on any atom is -0.0264 e. The fraction of sp³-hybridized carbons (Fsp3) is 1.00. The molecule has 0 saturated heterocycles. The summed E-state index contributed by atoms with van der Waals surface area (Å²) in [6.07, 6.45) is 154. The van der Waals surface area contributed by atoms with Crippen LogP contribution in [0.2, 0.25) is 0 Å². The number of hydrogen-bond donors (Lipinski definition) is 0. The van der Waals surface area contributed by atoms with Gasteiger partial charge in [-0.2, -0.15) is 0 Å². The van der Waals surface area contributed by atoms with Crippen LogP contribution in [0.15, 0.2) is 0 Å². The van der Waals surface area contributed by atoms with Crippen LogP contribution in [-0.2, 0) is 0 Å². The Morgan fingerprint density at radius 3 is 0.314 bits per heavy atom. The fourth-order valence-electron chi connectivity index (χ4n) is 20.9. The molecule has 626 valence electrons. The Kier molecular flexibility index (Phi) is 80.2. The summed E-state index contributed by atoms with van der Waals surface area (Å²) in [5, 5.41) is 0. The molecule has 0 nitrogen and oxygen atoms in total. The van der Waals surface area contributed by atoms with Gasteiger partial charge < -0.3 is 0 Å². The van der Waals surface area contributed by atoms with E-state index in [0.717, 1.165) is 17.3 Å². The van der Waals surface area contributed by atoms with Gasteiger partial charge in [0.2, 0.25) is 0 Å². The molecule has 8 aliphatic rings. The van der Waals surface area contributed by atoms with Crippen molar-refractivity contribution >= 4 is 0 Å². The van der Waals surface area contributed by atoms with Gasteiger partial charge in [0.25, 0.3) is 0 Å². The Morgan fingerprint density at radius 1 is 0.0952 bits per heavy atom. The molecule has 0 N–H and O–H groups in total. The van der Waals surface area contributed by atoms with Crippen LogP contribution in [-0.4, -0.2) is 0 Å². The zero-order chi connectivity index (χ0) is 73.8. The van der Waals surface area contributed by atoms with Gasteiger partial charge in [-0.3, -0.25) is 0 Å². The highest BCUT2D eigenvalue weighted by molar-refractivity contribution is 5.01. The van der Waals surface area contributed by atoms with Gasteiger partial charge in [0.05, 0.1) is 0 Å². The molecule has 3 atom stereocenters. The van der Waals surface area contributed by atoms with Crippen LogP contribution in [0.1, 0.15) is 655 Å². The molecule has 0 radical (unpaired) electrons. The van der Waals surface area contributed by atoms with E-state index in [9.17, 15) is 0 Å². The molecule has 8 aliphatic carbocycles. The second kappa shape index (κ2) is 84.9. The van der Waals surface area contributed by atoms with Gasteiger partial charge in [0.15, 0.2) is 0 Å². The van der Waals surface area contributed by atoms with Gasteiger partial charge in [-0.25, -0.2) is 0 Å². The average molecular weight is 1470 g/mol. The molecule has 2 bridgehead atoms. The molecule has 1 spiro atoms. The Bertz CT molecular complexity index is 1230. The van der Waals surface area contributed by atoms with Gasteiger partial charge in [-0.1, -0.05) is 629 Å². The van der Waals surface area contributed by atoms with Crippen LogP contribution in [0.3, 0.4) is 0 Å². The molecule has 0 aliphatic heterocycles. The smallest absolute Gasteiger partial charge is 0.0264 e. The lowest BCUT2D eigenvalue weighted by atomic mass is 9.48. The van der Waals surface area contributed by atoms with E-state index in [1.807, 2.05) is 0 Å². The second-order valence-electron chi connectivity index (χ2n) is 38.3. The summed E-state index contributed by atoms with van der Waals surface area (Å²) in [5.74, 6) is 2.23. The summed E-state index contributed by atoms with van der Waals surface area (Å²) >= 11 is 0. The predicted octanol–water partition coefficient (Wildman–Crippen LogP) is 40.0. The van der Waals surface area contributed by atoms with E-state index in [1.165, 1.54) is 604 Å². The van der Waals surface area contributed by atoms with Gasteiger partial charge in [0, 0.05) is 0 Å². The third-order valence-corrected chi connectivity index (χ3v) is 28.2. The number of hydrogen-bond acceptors (Lipinski definition) is 0. The van der Waals surface area contributed by atoms with Crippen molar-refractivity contribution in [3.8, 4) is 0 Å². The van der Waals surface area contributed by atoms with Crippen molar-refractivity contribution in [3.63, 3.8) is 0 Å². The summed E-state index contributed by atoms with van der Waals surface area (Å²) < 4.78 is 0. The SMILES string of the molecule is C1CCCCC1.C1CCCCCCCC23CCCCCCCCCC(C2)C3CCCCCC1.C1CCCCCCCCC1.C1CCCCCCCCCCCCCCC1.C1CCCCCCCCCCCCCCCCCCCCC1.C1CCCCCCCCCCCCCCCCCCCCCCC1. The molecular formula is C105H206. The second-order valence-corrected chi connectivity index (χ2v) is 38.3. The molecule has 105 heavy (non-hydrogen) atoms. The van der Waals surface area contributed by atoms with Crippen molar-refractivity contribution in [1.82, 2.24) is 0 Å². The Labute approximate surface area is 668 Å². The Balaban J connectivity index is 0.000000342. The minimum absolute atomic E-state index is 0.793. The van der Waals surface area contributed by atoms with Gasteiger partial charge >= 0.3 is 0 Å². The average Bonchev–Trinajstić information content (AvgIpc) is 0.753. The topological polar surface area (TPSA) is 0 Å². The first-order chi connectivity index (χ1) is 52.4. The summed E-state index contributed by atoms with van der Waals surface area (Å²) in [6, 6.07) is 0. The minimum atomic E-state index is 0.793. The zero-order valence-corrected chi connectivity index (χ0v) is 73.8. The van der Waals surface area contributed by atoms with Crippen molar-refractivity contribution < 1.29 is 0 Å². The maximum absolute atomic E-state index is 1.62. The van der Waals surface area contributed by atoms with Crippen LogP contribution in [0.25, 0.3) is 0 Å². The molecule has 0 heteroatoms. The first-order valence-corrected chi connectivity index (χ1v) is 52.4. The van der Waals surface area contributed by atoms with Crippen LogP contribution < -0.4 is 0 Å². The van der Waals surface area contributed by atoms with E-state index >= 15 is 0 Å². The van der Waals surface area contributed by atoms with Crippen molar-refractivity contribution in [1.29, 1.82) is 0 Å². The highest BCUT2D eigenvalue weighted by atomic mass is 14.6. The van der Waals surface area contributed by atoms with E-state index in [2.05, 4.69) is 0 Å². The molecule has 0 aromatic carbocycles. The third-order valence-electron chi connectivity index (χ3n) is 28.2. The van der Waals surface area contributed by atoms with Crippen LogP contribution >= 0.6 is 0 Å². The minimum Gasteiger partial charge on any atom is -0.0533 e. The Morgan fingerprint density at radius 2 is 0.190 bits per heavy atom. The van der Waals surface area contributed by atoms with E-state index in [-0.39, 0.29) is 0 Å². The normalized spacial score (nSPS) is 27.2. The first-order valence-electron chi connectivity index (χ1n) is 52.4. The zero-order valence-electron chi connectivity index (χ0n) is 73.8. The molecule has 0 amide bonds. The third kappa shape index (κ3) is 70.4. The highest BCUT2D eigenvalue weighted by Crippen LogP contribution is 2.61. The van der Waals surface area contributed by atoms with Crippen molar-refractivity contribution in [2.75, 3.05) is 0 Å². The first kappa shape index (κ1) is 99.2. The molecule has 8 saturated carbocycles. The quantitative estimate of drug-likeness (QED) is 0.227. The van der Waals surface area contributed by atoms with E-state index in [0.29, 0.717) is 0 Å². The molecule has 0 aromatic heterocycles. The van der Waals surface area contributed by atoms with Gasteiger partial charge in [-0.05, 0) is 42.9 Å². The lowest BCUT2D eigenvalue weighted by Gasteiger charge is -2.57. The van der Waals surface area contributed by atoms with E-state index < -0.39 is 0 Å². The molecule has 0 heterocycles. The van der Waals surface area contributed by atoms with E-state index in [4.69, 9.17) is 0 Å². The largest absolute Gasteiger partial charge is 0.0533 e. The lowest BCUT2D eigenvalue weighted by molar-refractivity contribution is -0.0725. The van der Waals surface area contributed by atoms with Gasteiger partial charge in [-0.15, -0.1) is 0 Å². The summed E-state index contributed by atoms with van der Waals surface area (Å²) in [5.41, 5.74) is 0.793. The van der Waals surface area contributed by atoms with Crippen LogP contribution in [0.5, 0.6) is 0 Å². The molecule has 0 aromatic rings. The van der Waals surface area contributed by atoms with Crippen LogP contribution in [0, 0.1) is 17.3 Å². The summed E-state index contributed by atoms with van der Waals surface area (Å²) in [4.78, 5) is 0. The summed E-state index contributed by atoms with van der Waals surface area (Å²) in [7, 11) is 0. The van der Waals surface area contributed by atoms with Crippen molar-refractivity contribution in [2.24, 2.45) is 17.3 Å². The molecule has 3 unspecified atom stereocenters. The molecular weight excluding hydrogens is 1260 g/mol. The van der Waals surface area contributed by atoms with Crippen molar-refractivity contribution in [2.45, 2.75) is 655 Å². The fourth-order valence-corrected chi connectivity index (χ4v) is 20.9. The highest BCUT2D eigenvalue weighted by Gasteiger charge is 2.51. The van der Waals surface area contributed by atoms with E-state index in [1.54, 1.807) is 51.4 Å². The van der Waals surface area contributed by atoms with Gasteiger partial charge in [0.1, 0.15) is 0 Å². The monoisotopic (exact) mass is 1470 g/mol.